The molecule has 0 saturated heterocycles. The predicted molar refractivity (Wildman–Crippen MR) is 177 cm³/mol. The number of carboxylic acid groups (broad SMARTS) is 1. The van der Waals surface area contributed by atoms with Crippen LogP contribution in [-0.2, 0) is 24.0 Å². The lowest BCUT2D eigenvalue weighted by Gasteiger charge is -2.48. The monoisotopic (exact) mass is 644 g/mol. The van der Waals surface area contributed by atoms with Crippen LogP contribution in [0.15, 0.2) is 0 Å². The van der Waals surface area contributed by atoms with E-state index in [2.05, 4.69) is 0 Å². The Morgan fingerprint density at radius 2 is 1.11 bits per heavy atom. The fraction of sp³-hybridized carbons (Fsp3) is 0.949. The first-order valence-electron chi connectivity index (χ1n) is 19.8. The molecule has 6 fully saturated rings. The Balaban J connectivity index is 1.07. The molecule has 46 heavy (non-hydrogen) atoms. The van der Waals surface area contributed by atoms with Crippen LogP contribution in [-0.4, -0.2) is 47.2 Å². The molecular weight excluding hydrogens is 580 g/mol. The zero-order valence-electron chi connectivity index (χ0n) is 28.5. The number of aliphatic carboxylic acids is 1. The number of carbonyl (C=O) groups is 2. The standard InChI is InChI=1S/C39H64O7/c40-38(41)33-18-16-28(21-26-9-3-1-4-10-26)23-34(33)39(42)46-36-20-19-35(31-13-7-8-14-32(31)36)45-37-24-29(15-17-30(37)25-44-43)22-27-11-5-2-6-12-27/h26-37,43H,1-25H2,(H,40,41). The molecule has 10 unspecified atom stereocenters. The topological polar surface area (TPSA) is 102 Å². The second-order valence-electron chi connectivity index (χ2n) is 16.8. The maximum atomic E-state index is 13.9. The van der Waals surface area contributed by atoms with Crippen LogP contribution in [0, 0.1) is 53.3 Å². The zero-order valence-corrected chi connectivity index (χ0v) is 28.5. The summed E-state index contributed by atoms with van der Waals surface area (Å²) in [5.74, 6) is 1.42. The van der Waals surface area contributed by atoms with Crippen LogP contribution in [0.3, 0.4) is 0 Å². The highest BCUT2D eigenvalue weighted by Crippen LogP contribution is 2.47. The molecule has 0 radical (unpaired) electrons. The number of fused-ring (bicyclic) bond motifs is 1. The molecule has 6 rings (SSSR count). The molecule has 0 amide bonds. The van der Waals surface area contributed by atoms with Crippen LogP contribution in [0.5, 0.6) is 0 Å². The largest absolute Gasteiger partial charge is 0.481 e. The highest BCUT2D eigenvalue weighted by molar-refractivity contribution is 5.81. The van der Waals surface area contributed by atoms with Crippen LogP contribution >= 0.6 is 0 Å². The van der Waals surface area contributed by atoms with Gasteiger partial charge in [0.2, 0.25) is 0 Å². The van der Waals surface area contributed by atoms with E-state index in [9.17, 15) is 20.0 Å². The van der Waals surface area contributed by atoms with Crippen molar-refractivity contribution >= 4 is 11.9 Å². The van der Waals surface area contributed by atoms with Gasteiger partial charge in [0.1, 0.15) is 6.10 Å². The van der Waals surface area contributed by atoms with Crippen molar-refractivity contribution in [3.8, 4) is 0 Å². The lowest BCUT2D eigenvalue weighted by atomic mass is 9.67. The molecule has 0 spiro atoms. The van der Waals surface area contributed by atoms with Crippen LogP contribution in [0.4, 0.5) is 0 Å². The van der Waals surface area contributed by atoms with Gasteiger partial charge in [-0.05, 0) is 107 Å². The summed E-state index contributed by atoms with van der Waals surface area (Å²) in [5, 5.41) is 19.5. The van der Waals surface area contributed by atoms with E-state index in [1.165, 1.54) is 83.5 Å². The molecule has 7 heteroatoms. The Morgan fingerprint density at radius 3 is 1.74 bits per heavy atom. The third kappa shape index (κ3) is 8.88. The minimum absolute atomic E-state index is 0.112. The van der Waals surface area contributed by atoms with E-state index < -0.39 is 17.8 Å². The van der Waals surface area contributed by atoms with Gasteiger partial charge in [-0.25, -0.2) is 4.89 Å². The quantitative estimate of drug-likeness (QED) is 0.131. The first-order chi connectivity index (χ1) is 22.5. The second kappa shape index (κ2) is 17.0. The Hall–Kier alpha value is -1.18. The van der Waals surface area contributed by atoms with Gasteiger partial charge in [-0.1, -0.05) is 77.0 Å². The van der Waals surface area contributed by atoms with Gasteiger partial charge < -0.3 is 14.6 Å². The third-order valence-electron chi connectivity index (χ3n) is 13.9. The fourth-order valence-electron chi connectivity index (χ4n) is 11.4. The number of carboxylic acids is 1. The van der Waals surface area contributed by atoms with E-state index >= 15 is 0 Å². The number of ether oxygens (including phenoxy) is 2. The molecule has 0 heterocycles. The number of hydrogen-bond donors (Lipinski definition) is 2. The molecule has 0 aliphatic heterocycles. The molecule has 2 N–H and O–H groups in total. The van der Waals surface area contributed by atoms with Crippen molar-refractivity contribution in [3.05, 3.63) is 0 Å². The summed E-state index contributed by atoms with van der Waals surface area (Å²) < 4.78 is 13.5. The molecular formula is C39H64O7. The van der Waals surface area contributed by atoms with E-state index in [1.54, 1.807) is 0 Å². The van der Waals surface area contributed by atoms with Crippen LogP contribution < -0.4 is 0 Å². The maximum Gasteiger partial charge on any atom is 0.310 e. The molecule has 10 atom stereocenters. The van der Waals surface area contributed by atoms with Gasteiger partial charge in [0.05, 0.1) is 30.7 Å². The molecule has 0 aromatic rings. The summed E-state index contributed by atoms with van der Waals surface area (Å²) in [6.45, 7) is 0.343. The van der Waals surface area contributed by atoms with Crippen molar-refractivity contribution in [1.29, 1.82) is 0 Å². The normalized spacial score (nSPS) is 39.8. The molecule has 6 saturated carbocycles. The van der Waals surface area contributed by atoms with Gasteiger partial charge in [0.25, 0.3) is 0 Å². The van der Waals surface area contributed by atoms with Crippen molar-refractivity contribution in [2.45, 2.75) is 172 Å². The maximum absolute atomic E-state index is 13.9. The van der Waals surface area contributed by atoms with Gasteiger partial charge >= 0.3 is 11.9 Å². The molecule has 0 bridgehead atoms. The minimum atomic E-state index is -0.832. The molecule has 262 valence electrons. The minimum Gasteiger partial charge on any atom is -0.481 e. The first-order valence-corrected chi connectivity index (χ1v) is 19.8. The summed E-state index contributed by atoms with van der Waals surface area (Å²) >= 11 is 0. The van der Waals surface area contributed by atoms with E-state index in [0.29, 0.717) is 37.2 Å². The van der Waals surface area contributed by atoms with E-state index in [0.717, 1.165) is 69.6 Å². The zero-order chi connectivity index (χ0) is 31.9. The number of carbonyl (C=O) groups excluding carboxylic acids is 1. The van der Waals surface area contributed by atoms with Crippen molar-refractivity contribution in [3.63, 3.8) is 0 Å². The third-order valence-corrected chi connectivity index (χ3v) is 13.9. The van der Waals surface area contributed by atoms with E-state index in [1.807, 2.05) is 0 Å². The second-order valence-corrected chi connectivity index (χ2v) is 16.8. The average molecular weight is 645 g/mol. The van der Waals surface area contributed by atoms with Gasteiger partial charge in [-0.15, -0.1) is 0 Å². The van der Waals surface area contributed by atoms with Crippen molar-refractivity contribution < 1.29 is 34.3 Å². The lowest BCUT2D eigenvalue weighted by Crippen LogP contribution is -2.49. The highest BCUT2D eigenvalue weighted by Gasteiger charge is 2.47. The van der Waals surface area contributed by atoms with Crippen LogP contribution in [0.25, 0.3) is 0 Å². The van der Waals surface area contributed by atoms with E-state index in [-0.39, 0.29) is 36.1 Å². The molecule has 6 aliphatic rings. The van der Waals surface area contributed by atoms with Crippen molar-refractivity contribution in [1.82, 2.24) is 0 Å². The predicted octanol–water partition coefficient (Wildman–Crippen LogP) is 9.22. The Bertz CT molecular complexity index is 958. The highest BCUT2D eigenvalue weighted by atomic mass is 17.1. The lowest BCUT2D eigenvalue weighted by molar-refractivity contribution is -0.264. The SMILES string of the molecule is O=C(O)C1CCC(CC2CCCCC2)CC1C(=O)OC1CCC(OC2CC(CC3CCCCC3)CCC2COO)C2CCCCC12. The summed E-state index contributed by atoms with van der Waals surface area (Å²) in [6.07, 6.45) is 27.8. The Labute approximate surface area is 278 Å². The summed E-state index contributed by atoms with van der Waals surface area (Å²) in [7, 11) is 0. The average Bonchev–Trinajstić information content (AvgIpc) is 3.08. The molecule has 7 nitrogen and oxygen atoms in total. The van der Waals surface area contributed by atoms with Crippen molar-refractivity contribution in [2.24, 2.45) is 53.3 Å². The fourth-order valence-corrected chi connectivity index (χ4v) is 11.4. The number of rotatable bonds is 11. The Morgan fingerprint density at radius 1 is 0.543 bits per heavy atom. The summed E-state index contributed by atoms with van der Waals surface area (Å²) in [4.78, 5) is 30.8. The molecule has 6 aliphatic carbocycles. The summed E-state index contributed by atoms with van der Waals surface area (Å²) in [6, 6.07) is 0. The summed E-state index contributed by atoms with van der Waals surface area (Å²) in [5.41, 5.74) is 0. The first kappa shape index (κ1) is 34.7. The van der Waals surface area contributed by atoms with Crippen LogP contribution in [0.2, 0.25) is 0 Å². The Kier molecular flexibility index (Phi) is 12.8. The number of hydrogen-bond acceptors (Lipinski definition) is 6. The number of esters is 1. The van der Waals surface area contributed by atoms with Gasteiger partial charge in [-0.2, -0.15) is 0 Å². The smallest absolute Gasteiger partial charge is 0.310 e. The van der Waals surface area contributed by atoms with E-state index in [4.69, 9.17) is 14.4 Å². The van der Waals surface area contributed by atoms with Crippen molar-refractivity contribution in [2.75, 3.05) is 6.61 Å². The molecule has 0 aromatic carbocycles. The van der Waals surface area contributed by atoms with Crippen LogP contribution in [0.1, 0.15) is 154 Å². The van der Waals surface area contributed by atoms with Gasteiger partial charge in [-0.3, -0.25) is 14.8 Å². The molecule has 0 aromatic heterocycles. The van der Waals surface area contributed by atoms with Gasteiger partial charge in [0.15, 0.2) is 0 Å². The van der Waals surface area contributed by atoms with Gasteiger partial charge in [0, 0.05) is 11.8 Å².